The summed E-state index contributed by atoms with van der Waals surface area (Å²) in [5.41, 5.74) is 4.35. The molecule has 18 heavy (non-hydrogen) atoms. The molecule has 0 N–H and O–H groups in total. The first-order chi connectivity index (χ1) is 8.81. The number of rotatable bonds is 2. The van der Waals surface area contributed by atoms with Crippen molar-refractivity contribution in [2.24, 2.45) is 5.92 Å². The van der Waals surface area contributed by atoms with Gasteiger partial charge in [0.15, 0.2) is 0 Å². The molecule has 0 amide bonds. The SMILES string of the molecule is Brc1ccc2c(c1)CCC(Cc1ccccc1)[CH]2. The van der Waals surface area contributed by atoms with Crippen molar-refractivity contribution in [3.05, 3.63) is 76.1 Å². The summed E-state index contributed by atoms with van der Waals surface area (Å²) in [6.45, 7) is 0. The highest BCUT2D eigenvalue weighted by molar-refractivity contribution is 9.10. The fraction of sp³-hybridized carbons (Fsp3) is 0.235. The molecule has 0 heterocycles. The first kappa shape index (κ1) is 12.0. The van der Waals surface area contributed by atoms with Crippen molar-refractivity contribution in [1.29, 1.82) is 0 Å². The van der Waals surface area contributed by atoms with Gasteiger partial charge in [-0.25, -0.2) is 0 Å². The van der Waals surface area contributed by atoms with Gasteiger partial charge >= 0.3 is 0 Å². The zero-order valence-electron chi connectivity index (χ0n) is 10.3. The van der Waals surface area contributed by atoms with E-state index in [1.807, 2.05) is 0 Å². The van der Waals surface area contributed by atoms with Crippen molar-refractivity contribution in [1.82, 2.24) is 0 Å². The van der Waals surface area contributed by atoms with E-state index in [1.54, 1.807) is 0 Å². The molecule has 0 nitrogen and oxygen atoms in total. The lowest BCUT2D eigenvalue weighted by atomic mass is 9.81. The van der Waals surface area contributed by atoms with Gasteiger partial charge in [-0.15, -0.1) is 0 Å². The van der Waals surface area contributed by atoms with Crippen LogP contribution in [0.25, 0.3) is 0 Å². The minimum absolute atomic E-state index is 0.682. The minimum Gasteiger partial charge on any atom is -0.0622 e. The third-order valence-corrected chi connectivity index (χ3v) is 4.14. The van der Waals surface area contributed by atoms with Crippen LogP contribution in [0.2, 0.25) is 0 Å². The van der Waals surface area contributed by atoms with Crippen molar-refractivity contribution < 1.29 is 0 Å². The Bertz CT molecular complexity index is 531. The van der Waals surface area contributed by atoms with Crippen LogP contribution in [0.4, 0.5) is 0 Å². The molecule has 0 aromatic heterocycles. The van der Waals surface area contributed by atoms with E-state index in [9.17, 15) is 0 Å². The Labute approximate surface area is 117 Å². The van der Waals surface area contributed by atoms with Crippen molar-refractivity contribution >= 4 is 15.9 Å². The van der Waals surface area contributed by atoms with Gasteiger partial charge in [-0.05, 0) is 60.4 Å². The van der Waals surface area contributed by atoms with Gasteiger partial charge in [0, 0.05) is 4.47 Å². The first-order valence-corrected chi connectivity index (χ1v) is 7.28. The molecule has 1 radical (unpaired) electrons. The fourth-order valence-electron chi connectivity index (χ4n) is 2.71. The predicted octanol–water partition coefficient (Wildman–Crippen LogP) is 4.81. The van der Waals surface area contributed by atoms with E-state index in [0.717, 1.165) is 6.42 Å². The van der Waals surface area contributed by atoms with Gasteiger partial charge in [-0.2, -0.15) is 0 Å². The number of halogens is 1. The number of hydrogen-bond acceptors (Lipinski definition) is 0. The second kappa shape index (κ2) is 5.27. The van der Waals surface area contributed by atoms with Crippen LogP contribution in [-0.2, 0) is 12.8 Å². The van der Waals surface area contributed by atoms with E-state index in [4.69, 9.17) is 0 Å². The summed E-state index contributed by atoms with van der Waals surface area (Å²) in [6, 6.07) is 17.4. The molecular formula is C17H16Br. The maximum atomic E-state index is 3.55. The second-order valence-electron chi connectivity index (χ2n) is 5.00. The van der Waals surface area contributed by atoms with Crippen LogP contribution in [0.5, 0.6) is 0 Å². The lowest BCUT2D eigenvalue weighted by molar-refractivity contribution is 0.537. The lowest BCUT2D eigenvalue weighted by Crippen LogP contribution is -2.14. The van der Waals surface area contributed by atoms with Crippen LogP contribution in [0.15, 0.2) is 53.0 Å². The topological polar surface area (TPSA) is 0 Å². The molecule has 1 heteroatoms. The normalized spacial score (nSPS) is 18.4. The van der Waals surface area contributed by atoms with E-state index >= 15 is 0 Å². The smallest absolute Gasteiger partial charge is 0.0178 e. The molecule has 91 valence electrons. The Balaban J connectivity index is 1.73. The molecular weight excluding hydrogens is 284 g/mol. The summed E-state index contributed by atoms with van der Waals surface area (Å²) < 4.78 is 1.19. The van der Waals surface area contributed by atoms with Gasteiger partial charge in [0.25, 0.3) is 0 Å². The molecule has 2 aromatic carbocycles. The van der Waals surface area contributed by atoms with E-state index in [1.165, 1.54) is 34.0 Å². The Morgan fingerprint density at radius 1 is 1.06 bits per heavy atom. The number of hydrogen-bond donors (Lipinski definition) is 0. The van der Waals surface area contributed by atoms with Gasteiger partial charge in [0.1, 0.15) is 0 Å². The molecule has 0 saturated carbocycles. The molecule has 1 atom stereocenters. The summed E-state index contributed by atoms with van der Waals surface area (Å²) in [7, 11) is 0. The number of aryl methyl sites for hydroxylation is 1. The fourth-order valence-corrected chi connectivity index (χ4v) is 3.12. The van der Waals surface area contributed by atoms with E-state index in [2.05, 4.69) is 70.9 Å². The van der Waals surface area contributed by atoms with E-state index < -0.39 is 0 Å². The Morgan fingerprint density at radius 2 is 1.89 bits per heavy atom. The molecule has 0 saturated heterocycles. The maximum Gasteiger partial charge on any atom is 0.0178 e. The van der Waals surface area contributed by atoms with E-state index in [0.29, 0.717) is 5.92 Å². The van der Waals surface area contributed by atoms with Crippen LogP contribution in [0.1, 0.15) is 23.1 Å². The van der Waals surface area contributed by atoms with Gasteiger partial charge in [0.05, 0.1) is 0 Å². The summed E-state index contributed by atoms with van der Waals surface area (Å²) in [4.78, 5) is 0. The molecule has 0 fully saturated rings. The summed E-state index contributed by atoms with van der Waals surface area (Å²) in [5.74, 6) is 0.682. The van der Waals surface area contributed by atoms with Crippen molar-refractivity contribution in [2.75, 3.05) is 0 Å². The highest BCUT2D eigenvalue weighted by Crippen LogP contribution is 2.31. The first-order valence-electron chi connectivity index (χ1n) is 6.48. The lowest BCUT2D eigenvalue weighted by Gasteiger charge is -2.24. The van der Waals surface area contributed by atoms with Crippen LogP contribution in [0, 0.1) is 12.3 Å². The third-order valence-electron chi connectivity index (χ3n) is 3.65. The van der Waals surface area contributed by atoms with Crippen molar-refractivity contribution in [3.63, 3.8) is 0 Å². The Morgan fingerprint density at radius 3 is 2.72 bits per heavy atom. The molecule has 0 aliphatic heterocycles. The molecule has 0 bridgehead atoms. The Kier molecular flexibility index (Phi) is 3.51. The molecule has 3 rings (SSSR count). The highest BCUT2D eigenvalue weighted by atomic mass is 79.9. The van der Waals surface area contributed by atoms with Gasteiger partial charge in [0.2, 0.25) is 0 Å². The quantitative estimate of drug-likeness (QED) is 0.747. The summed E-state index contributed by atoms with van der Waals surface area (Å²) in [5, 5.41) is 0. The monoisotopic (exact) mass is 299 g/mol. The second-order valence-corrected chi connectivity index (χ2v) is 5.91. The summed E-state index contributed by atoms with van der Waals surface area (Å²) in [6.07, 6.45) is 6.07. The zero-order chi connectivity index (χ0) is 12.4. The molecule has 1 aliphatic carbocycles. The standard InChI is InChI=1S/C17H16Br/c18-17-9-8-15-11-14(6-7-16(15)12-17)10-13-4-2-1-3-5-13/h1-5,8-9,11-12,14H,6-7,10H2. The number of fused-ring (bicyclic) bond motifs is 1. The molecule has 1 aliphatic rings. The minimum atomic E-state index is 0.682. The molecule has 0 spiro atoms. The average Bonchev–Trinajstić information content (AvgIpc) is 2.40. The highest BCUT2D eigenvalue weighted by Gasteiger charge is 2.19. The van der Waals surface area contributed by atoms with Gasteiger partial charge in [-0.1, -0.05) is 52.3 Å². The van der Waals surface area contributed by atoms with Crippen LogP contribution >= 0.6 is 15.9 Å². The Hall–Kier alpha value is -1.08. The number of benzene rings is 2. The molecule has 1 unspecified atom stereocenters. The summed E-state index contributed by atoms with van der Waals surface area (Å²) >= 11 is 3.55. The average molecular weight is 300 g/mol. The van der Waals surface area contributed by atoms with Crippen LogP contribution < -0.4 is 0 Å². The van der Waals surface area contributed by atoms with Crippen LogP contribution in [-0.4, -0.2) is 0 Å². The van der Waals surface area contributed by atoms with Crippen molar-refractivity contribution in [3.8, 4) is 0 Å². The van der Waals surface area contributed by atoms with E-state index in [-0.39, 0.29) is 0 Å². The van der Waals surface area contributed by atoms with Crippen LogP contribution in [0.3, 0.4) is 0 Å². The van der Waals surface area contributed by atoms with Gasteiger partial charge < -0.3 is 0 Å². The predicted molar refractivity (Wildman–Crippen MR) is 79.5 cm³/mol. The van der Waals surface area contributed by atoms with Crippen molar-refractivity contribution in [2.45, 2.75) is 19.3 Å². The zero-order valence-corrected chi connectivity index (χ0v) is 11.9. The van der Waals surface area contributed by atoms with Gasteiger partial charge in [-0.3, -0.25) is 0 Å². The largest absolute Gasteiger partial charge is 0.0622 e. The maximum absolute atomic E-state index is 3.55. The third kappa shape index (κ3) is 2.67. The molecule has 2 aromatic rings.